The van der Waals surface area contributed by atoms with E-state index in [4.69, 9.17) is 9.72 Å². The van der Waals surface area contributed by atoms with Crippen molar-refractivity contribution < 1.29 is 14.6 Å². The molecule has 1 saturated heterocycles. The quantitative estimate of drug-likeness (QED) is 0.215. The first-order valence-electron chi connectivity index (χ1n) is 15.6. The van der Waals surface area contributed by atoms with E-state index in [1.54, 1.807) is 22.0 Å². The van der Waals surface area contributed by atoms with Crippen molar-refractivity contribution in [3.8, 4) is 17.2 Å². The number of pyridine rings is 1. The van der Waals surface area contributed by atoms with E-state index in [1.165, 1.54) is 6.20 Å². The zero-order valence-electron chi connectivity index (χ0n) is 25.7. The van der Waals surface area contributed by atoms with Gasteiger partial charge in [-0.25, -0.2) is 14.8 Å². The van der Waals surface area contributed by atoms with Crippen LogP contribution in [0, 0.1) is 11.3 Å². The van der Waals surface area contributed by atoms with Gasteiger partial charge in [0.2, 0.25) is 5.95 Å². The maximum absolute atomic E-state index is 13.7. The maximum Gasteiger partial charge on any atom is 0.323 e. The van der Waals surface area contributed by atoms with Gasteiger partial charge in [-0.3, -0.25) is 9.58 Å². The summed E-state index contributed by atoms with van der Waals surface area (Å²) in [6.07, 6.45) is 9.97. The lowest BCUT2D eigenvalue weighted by atomic mass is 9.90. The van der Waals surface area contributed by atoms with E-state index in [1.807, 2.05) is 55.7 Å². The normalized spacial score (nSPS) is 21.2. The Labute approximate surface area is 267 Å². The largest absolute Gasteiger partial charge is 0.391 e. The summed E-state index contributed by atoms with van der Waals surface area (Å²) in [7, 11) is 1.87. The number of amides is 2. The summed E-state index contributed by atoms with van der Waals surface area (Å²) in [4.78, 5) is 29.1. The number of nitriles is 1. The molecule has 6 rings (SSSR count). The number of benzene rings is 1. The molecule has 2 aliphatic rings. The molecular formula is C33H38N10O3. The molecule has 0 bridgehead atoms. The van der Waals surface area contributed by atoms with Gasteiger partial charge in [-0.1, -0.05) is 30.3 Å². The second-order valence-corrected chi connectivity index (χ2v) is 11.7. The fourth-order valence-electron chi connectivity index (χ4n) is 5.93. The number of urea groups is 1. The highest BCUT2D eigenvalue weighted by molar-refractivity contribution is 5.91. The van der Waals surface area contributed by atoms with Crippen LogP contribution in [0.2, 0.25) is 0 Å². The van der Waals surface area contributed by atoms with Crippen LogP contribution in [0.5, 0.6) is 0 Å². The minimum Gasteiger partial charge on any atom is -0.391 e. The number of hydrogen-bond acceptors (Lipinski definition) is 10. The number of hydrogen-bond donors (Lipinski definition) is 4. The number of anilines is 3. The van der Waals surface area contributed by atoms with E-state index in [0.717, 1.165) is 42.4 Å². The van der Waals surface area contributed by atoms with E-state index in [-0.39, 0.29) is 24.2 Å². The van der Waals surface area contributed by atoms with E-state index in [2.05, 4.69) is 37.1 Å². The van der Waals surface area contributed by atoms with Crippen LogP contribution in [-0.2, 0) is 18.3 Å². The standard InChI is InChI=1S/C33H38N10O3/c1-42-20-25(19-38-42)23-7-12-30(35-17-23)43(33(45)37-16-22-5-3-2-4-6-22)27-10-8-26(9-11-27)39-32-36-18-24(15-34)31(41-32)40-28-21-46-14-13-29(28)44/h2-7,12,17-20,26-29,44H,8-11,13-14,16,21H2,1H3,(H,37,45)(H2,36,39,40,41)/t26?,27?,28?,29-/m1/s1. The third-order valence-electron chi connectivity index (χ3n) is 8.48. The molecule has 2 amide bonds. The molecule has 4 N–H and O–H groups in total. The second kappa shape index (κ2) is 14.4. The number of aromatic nitrogens is 5. The van der Waals surface area contributed by atoms with Crippen LogP contribution < -0.4 is 20.9 Å². The highest BCUT2D eigenvalue weighted by Gasteiger charge is 2.31. The lowest BCUT2D eigenvalue weighted by Gasteiger charge is -2.36. The second-order valence-electron chi connectivity index (χ2n) is 11.7. The smallest absolute Gasteiger partial charge is 0.323 e. The van der Waals surface area contributed by atoms with Crippen LogP contribution in [0.15, 0.2) is 67.3 Å². The minimum absolute atomic E-state index is 0.0579. The predicted octanol–water partition coefficient (Wildman–Crippen LogP) is 3.84. The number of aryl methyl sites for hydroxylation is 1. The molecule has 1 unspecified atom stereocenters. The van der Waals surface area contributed by atoms with Crippen LogP contribution >= 0.6 is 0 Å². The van der Waals surface area contributed by atoms with Gasteiger partial charge in [-0.05, 0) is 49.8 Å². The summed E-state index contributed by atoms with van der Waals surface area (Å²) in [5.41, 5.74) is 3.20. The van der Waals surface area contributed by atoms with Gasteiger partial charge in [-0.2, -0.15) is 15.3 Å². The SMILES string of the molecule is Cn1cc(-c2ccc(N(C(=O)NCc3ccccc3)C3CCC(Nc4ncc(C#N)c(NC5COCC[C@H]5O)n4)CC3)nc2)cn1. The van der Waals surface area contributed by atoms with Crippen molar-refractivity contribution in [1.82, 2.24) is 30.0 Å². The number of nitrogens with zero attached hydrogens (tertiary/aromatic N) is 7. The first kappa shape index (κ1) is 30.9. The van der Waals surface area contributed by atoms with E-state index >= 15 is 0 Å². The molecule has 238 valence electrons. The lowest BCUT2D eigenvalue weighted by Crippen LogP contribution is -2.49. The van der Waals surface area contributed by atoms with Crippen LogP contribution in [0.25, 0.3) is 11.1 Å². The first-order valence-corrected chi connectivity index (χ1v) is 15.6. The number of aliphatic hydroxyl groups is 1. The zero-order chi connectivity index (χ0) is 31.9. The summed E-state index contributed by atoms with van der Waals surface area (Å²) in [5.74, 6) is 1.36. The molecule has 3 aromatic heterocycles. The van der Waals surface area contributed by atoms with Gasteiger partial charge in [0, 0.05) is 55.8 Å². The van der Waals surface area contributed by atoms with Gasteiger partial charge in [0.1, 0.15) is 23.3 Å². The van der Waals surface area contributed by atoms with Gasteiger partial charge in [-0.15, -0.1) is 0 Å². The summed E-state index contributed by atoms with van der Waals surface area (Å²) in [5, 5.41) is 33.9. The Hall–Kier alpha value is -5.06. The Balaban J connectivity index is 1.13. The van der Waals surface area contributed by atoms with E-state index in [9.17, 15) is 15.2 Å². The number of carbonyl (C=O) groups is 1. The molecule has 1 aliphatic heterocycles. The monoisotopic (exact) mass is 622 g/mol. The van der Waals surface area contributed by atoms with Gasteiger partial charge in [0.15, 0.2) is 0 Å². The van der Waals surface area contributed by atoms with Crippen molar-refractivity contribution in [1.29, 1.82) is 5.26 Å². The Kier molecular flexibility index (Phi) is 9.66. The Morgan fingerprint density at radius 3 is 2.57 bits per heavy atom. The number of ether oxygens (including phenoxy) is 1. The van der Waals surface area contributed by atoms with Crippen molar-refractivity contribution >= 4 is 23.6 Å². The minimum atomic E-state index is -0.587. The summed E-state index contributed by atoms with van der Waals surface area (Å²) < 4.78 is 7.23. The summed E-state index contributed by atoms with van der Waals surface area (Å²) >= 11 is 0. The topological polar surface area (TPSA) is 166 Å². The number of rotatable bonds is 9. The van der Waals surface area contributed by atoms with Crippen LogP contribution in [-0.4, -0.2) is 73.3 Å². The molecule has 13 nitrogen and oxygen atoms in total. The molecule has 1 saturated carbocycles. The van der Waals surface area contributed by atoms with Crippen LogP contribution in [0.4, 0.5) is 22.4 Å². The third kappa shape index (κ3) is 7.42. The fourth-order valence-corrected chi connectivity index (χ4v) is 5.93. The summed E-state index contributed by atoms with van der Waals surface area (Å²) in [6.45, 7) is 1.25. The molecule has 2 fully saturated rings. The molecule has 46 heavy (non-hydrogen) atoms. The molecule has 2 atom stereocenters. The molecule has 0 radical (unpaired) electrons. The highest BCUT2D eigenvalue weighted by Crippen LogP contribution is 2.30. The molecule has 1 aliphatic carbocycles. The van der Waals surface area contributed by atoms with Gasteiger partial charge >= 0.3 is 6.03 Å². The number of nitrogens with one attached hydrogen (secondary N) is 3. The van der Waals surface area contributed by atoms with Gasteiger partial charge in [0.05, 0.1) is 31.1 Å². The molecule has 13 heteroatoms. The molecule has 1 aromatic carbocycles. The van der Waals surface area contributed by atoms with Crippen molar-refractivity contribution in [3.05, 3.63) is 78.4 Å². The Morgan fingerprint density at radius 2 is 1.87 bits per heavy atom. The van der Waals surface area contributed by atoms with Crippen molar-refractivity contribution in [2.24, 2.45) is 7.05 Å². The van der Waals surface area contributed by atoms with Crippen molar-refractivity contribution in [3.63, 3.8) is 0 Å². The molecule has 4 heterocycles. The molecular weight excluding hydrogens is 584 g/mol. The molecule has 4 aromatic rings. The fraction of sp³-hybridized carbons (Fsp3) is 0.394. The lowest BCUT2D eigenvalue weighted by molar-refractivity contribution is 0.00304. The Bertz CT molecular complexity index is 1650. The van der Waals surface area contributed by atoms with Gasteiger partial charge < -0.3 is 25.8 Å². The van der Waals surface area contributed by atoms with Crippen LogP contribution in [0.3, 0.4) is 0 Å². The average Bonchev–Trinajstić information content (AvgIpc) is 3.53. The van der Waals surface area contributed by atoms with Gasteiger partial charge in [0.25, 0.3) is 0 Å². The van der Waals surface area contributed by atoms with E-state index in [0.29, 0.717) is 49.3 Å². The maximum atomic E-state index is 13.7. The molecule has 0 spiro atoms. The first-order chi connectivity index (χ1) is 22.5. The number of carbonyl (C=O) groups excluding carboxylic acids is 1. The number of aliphatic hydroxyl groups excluding tert-OH is 1. The van der Waals surface area contributed by atoms with Crippen molar-refractivity contribution in [2.45, 2.75) is 62.9 Å². The predicted molar refractivity (Wildman–Crippen MR) is 173 cm³/mol. The average molecular weight is 623 g/mol. The third-order valence-corrected chi connectivity index (χ3v) is 8.48. The van der Waals surface area contributed by atoms with Crippen molar-refractivity contribution in [2.75, 3.05) is 28.7 Å². The van der Waals surface area contributed by atoms with Crippen LogP contribution in [0.1, 0.15) is 43.2 Å². The zero-order valence-corrected chi connectivity index (χ0v) is 25.7. The highest BCUT2D eigenvalue weighted by atomic mass is 16.5. The summed E-state index contributed by atoms with van der Waals surface area (Å²) in [6, 6.07) is 15.3. The van der Waals surface area contributed by atoms with E-state index < -0.39 is 6.10 Å². The Morgan fingerprint density at radius 1 is 1.04 bits per heavy atom.